The molecule has 1 aliphatic carbocycles. The molecule has 0 saturated heterocycles. The van der Waals surface area contributed by atoms with Gasteiger partial charge in [-0.25, -0.2) is 0 Å². The molecule has 0 N–H and O–H groups in total. The van der Waals surface area contributed by atoms with Crippen LogP contribution in [0.1, 0.15) is 19.8 Å². The molecule has 0 radical (unpaired) electrons. The summed E-state index contributed by atoms with van der Waals surface area (Å²) in [7, 11) is 1.44. The summed E-state index contributed by atoms with van der Waals surface area (Å²) in [6, 6.07) is 0. The molecular formula is C9H14O2. The zero-order valence-electron chi connectivity index (χ0n) is 7.09. The fraction of sp³-hybridized carbons (Fsp3) is 0.667. The van der Waals surface area contributed by atoms with E-state index in [1.807, 2.05) is 0 Å². The Hall–Kier alpha value is -0.790. The summed E-state index contributed by atoms with van der Waals surface area (Å²) >= 11 is 0. The van der Waals surface area contributed by atoms with Crippen LogP contribution >= 0.6 is 0 Å². The van der Waals surface area contributed by atoms with Crippen LogP contribution in [0.3, 0.4) is 0 Å². The van der Waals surface area contributed by atoms with Gasteiger partial charge in [-0.3, -0.25) is 4.79 Å². The van der Waals surface area contributed by atoms with Gasteiger partial charge in [0.05, 0.1) is 13.0 Å². The van der Waals surface area contributed by atoms with Crippen molar-refractivity contribution < 1.29 is 9.53 Å². The Balaban J connectivity index is 2.53. The van der Waals surface area contributed by atoms with Gasteiger partial charge in [-0.1, -0.05) is 19.1 Å². The molecule has 2 nitrogen and oxygen atoms in total. The first-order chi connectivity index (χ1) is 5.15. The van der Waals surface area contributed by atoms with E-state index in [2.05, 4.69) is 18.2 Å². The number of rotatable bonds is 1. The lowest BCUT2D eigenvalue weighted by Gasteiger charge is -2.04. The van der Waals surface area contributed by atoms with Crippen LogP contribution < -0.4 is 0 Å². The molecule has 1 saturated carbocycles. The molecule has 0 heterocycles. The fourth-order valence-electron chi connectivity index (χ4n) is 1.54. The Morgan fingerprint density at radius 1 is 1.73 bits per heavy atom. The molecule has 2 heteroatoms. The number of methoxy groups -OCH3 is 1. The van der Waals surface area contributed by atoms with Crippen molar-refractivity contribution in [3.63, 3.8) is 0 Å². The summed E-state index contributed by atoms with van der Waals surface area (Å²) in [5, 5.41) is 0. The lowest BCUT2D eigenvalue weighted by molar-refractivity contribution is -0.145. The molecule has 0 aromatic carbocycles. The van der Waals surface area contributed by atoms with Gasteiger partial charge in [0.1, 0.15) is 0 Å². The average Bonchev–Trinajstić information content (AvgIpc) is 2.31. The smallest absolute Gasteiger partial charge is 0.308 e. The molecule has 0 unspecified atom stereocenters. The highest BCUT2D eigenvalue weighted by Crippen LogP contribution is 2.34. The molecule has 0 aliphatic heterocycles. The summed E-state index contributed by atoms with van der Waals surface area (Å²) in [5.74, 6) is 0.470. The lowest BCUT2D eigenvalue weighted by atomic mass is 10.1. The Bertz CT molecular complexity index is 184. The van der Waals surface area contributed by atoms with Gasteiger partial charge in [-0.05, 0) is 18.8 Å². The minimum Gasteiger partial charge on any atom is -0.469 e. The molecule has 0 amide bonds. The standard InChI is InChI=1S/C9H14O2/c1-6-4-8(5-7(6)2)9(10)11-3/h7-8H,1,4-5H2,2-3H3/t7-,8-/m0/s1. The predicted molar refractivity (Wildman–Crippen MR) is 43.0 cm³/mol. The maximum absolute atomic E-state index is 11.0. The van der Waals surface area contributed by atoms with E-state index in [0.29, 0.717) is 5.92 Å². The highest BCUT2D eigenvalue weighted by atomic mass is 16.5. The normalized spacial score (nSPS) is 30.5. The van der Waals surface area contributed by atoms with Crippen LogP contribution in [0.4, 0.5) is 0 Å². The van der Waals surface area contributed by atoms with Crippen molar-refractivity contribution in [1.82, 2.24) is 0 Å². The van der Waals surface area contributed by atoms with E-state index >= 15 is 0 Å². The van der Waals surface area contributed by atoms with Crippen molar-refractivity contribution in [3.8, 4) is 0 Å². The van der Waals surface area contributed by atoms with Crippen molar-refractivity contribution in [2.24, 2.45) is 11.8 Å². The molecule has 1 aliphatic rings. The van der Waals surface area contributed by atoms with Gasteiger partial charge in [0, 0.05) is 0 Å². The van der Waals surface area contributed by atoms with E-state index in [9.17, 15) is 4.79 Å². The number of esters is 1. The van der Waals surface area contributed by atoms with Crippen LogP contribution in [-0.4, -0.2) is 13.1 Å². The number of hydrogen-bond acceptors (Lipinski definition) is 2. The van der Waals surface area contributed by atoms with E-state index in [4.69, 9.17) is 0 Å². The second-order valence-electron chi connectivity index (χ2n) is 3.22. The van der Waals surface area contributed by atoms with Crippen LogP contribution in [0, 0.1) is 11.8 Å². The van der Waals surface area contributed by atoms with Gasteiger partial charge in [-0.15, -0.1) is 0 Å². The number of hydrogen-bond donors (Lipinski definition) is 0. The molecule has 0 spiro atoms. The molecule has 0 aromatic rings. The molecule has 2 atom stereocenters. The summed E-state index contributed by atoms with van der Waals surface area (Å²) in [5.41, 5.74) is 1.18. The predicted octanol–water partition coefficient (Wildman–Crippen LogP) is 1.76. The maximum atomic E-state index is 11.0. The molecule has 11 heavy (non-hydrogen) atoms. The molecular weight excluding hydrogens is 140 g/mol. The summed E-state index contributed by atoms with van der Waals surface area (Å²) < 4.78 is 4.65. The van der Waals surface area contributed by atoms with E-state index in [-0.39, 0.29) is 11.9 Å². The van der Waals surface area contributed by atoms with Crippen molar-refractivity contribution >= 4 is 5.97 Å². The third-order valence-corrected chi connectivity index (χ3v) is 2.38. The number of ether oxygens (including phenoxy) is 1. The maximum Gasteiger partial charge on any atom is 0.308 e. The van der Waals surface area contributed by atoms with Crippen molar-refractivity contribution in [2.45, 2.75) is 19.8 Å². The minimum atomic E-state index is -0.0875. The fourth-order valence-corrected chi connectivity index (χ4v) is 1.54. The molecule has 0 bridgehead atoms. The van der Waals surface area contributed by atoms with Gasteiger partial charge in [0.25, 0.3) is 0 Å². The van der Waals surface area contributed by atoms with Gasteiger partial charge in [0.2, 0.25) is 0 Å². The SMILES string of the molecule is C=C1C[C@H](C(=O)OC)C[C@@H]1C. The Morgan fingerprint density at radius 3 is 2.73 bits per heavy atom. The summed E-state index contributed by atoms with van der Waals surface area (Å²) in [6.07, 6.45) is 1.72. The van der Waals surface area contributed by atoms with E-state index in [1.54, 1.807) is 0 Å². The first-order valence-electron chi connectivity index (χ1n) is 3.90. The van der Waals surface area contributed by atoms with E-state index < -0.39 is 0 Å². The first kappa shape index (κ1) is 8.31. The molecule has 0 aromatic heterocycles. The summed E-state index contributed by atoms with van der Waals surface area (Å²) in [6.45, 7) is 6.00. The Labute approximate surface area is 67.2 Å². The monoisotopic (exact) mass is 154 g/mol. The second kappa shape index (κ2) is 3.07. The number of allylic oxidation sites excluding steroid dienone is 1. The Kier molecular flexibility index (Phi) is 2.32. The van der Waals surface area contributed by atoms with E-state index in [0.717, 1.165) is 12.8 Å². The largest absolute Gasteiger partial charge is 0.469 e. The third-order valence-electron chi connectivity index (χ3n) is 2.38. The zero-order valence-corrected chi connectivity index (χ0v) is 7.09. The highest BCUT2D eigenvalue weighted by Gasteiger charge is 2.30. The van der Waals surface area contributed by atoms with Crippen LogP contribution in [-0.2, 0) is 9.53 Å². The van der Waals surface area contributed by atoms with Crippen molar-refractivity contribution in [3.05, 3.63) is 12.2 Å². The van der Waals surface area contributed by atoms with Crippen LogP contribution in [0.2, 0.25) is 0 Å². The van der Waals surface area contributed by atoms with Gasteiger partial charge in [-0.2, -0.15) is 0 Å². The van der Waals surface area contributed by atoms with Crippen LogP contribution in [0.15, 0.2) is 12.2 Å². The first-order valence-corrected chi connectivity index (χ1v) is 3.90. The van der Waals surface area contributed by atoms with Crippen molar-refractivity contribution in [1.29, 1.82) is 0 Å². The van der Waals surface area contributed by atoms with Crippen molar-refractivity contribution in [2.75, 3.05) is 7.11 Å². The van der Waals surface area contributed by atoms with Crippen LogP contribution in [0.25, 0.3) is 0 Å². The van der Waals surface area contributed by atoms with Gasteiger partial charge < -0.3 is 4.74 Å². The average molecular weight is 154 g/mol. The van der Waals surface area contributed by atoms with Gasteiger partial charge in [0.15, 0.2) is 0 Å². The highest BCUT2D eigenvalue weighted by molar-refractivity contribution is 5.73. The number of carbonyl (C=O) groups is 1. The quantitative estimate of drug-likeness (QED) is 0.425. The molecule has 1 fully saturated rings. The summed E-state index contributed by atoms with van der Waals surface area (Å²) in [4.78, 5) is 11.0. The Morgan fingerprint density at radius 2 is 2.36 bits per heavy atom. The minimum absolute atomic E-state index is 0.0718. The number of carbonyl (C=O) groups excluding carboxylic acids is 1. The third kappa shape index (κ3) is 1.62. The van der Waals surface area contributed by atoms with Gasteiger partial charge >= 0.3 is 5.97 Å². The second-order valence-corrected chi connectivity index (χ2v) is 3.22. The topological polar surface area (TPSA) is 26.3 Å². The van der Waals surface area contributed by atoms with E-state index in [1.165, 1.54) is 12.7 Å². The van der Waals surface area contributed by atoms with Crippen LogP contribution in [0.5, 0.6) is 0 Å². The lowest BCUT2D eigenvalue weighted by Crippen LogP contribution is -2.12. The molecule has 1 rings (SSSR count). The zero-order chi connectivity index (χ0) is 8.43. The molecule has 62 valence electrons.